The van der Waals surface area contributed by atoms with Gasteiger partial charge < -0.3 is 9.47 Å². The highest BCUT2D eigenvalue weighted by Gasteiger charge is 2.17. The van der Waals surface area contributed by atoms with E-state index in [0.29, 0.717) is 0 Å². The smallest absolute Gasteiger partial charge is 0.0541 e. The zero-order valence-corrected chi connectivity index (χ0v) is 34.0. The molecule has 290 valence electrons. The second-order valence-electron chi connectivity index (χ2n) is 16.1. The molecule has 0 aliphatic heterocycles. The molecular weight excluding hydrogens is 749 g/mol. The van der Waals surface area contributed by atoms with Gasteiger partial charge in [-0.3, -0.25) is 0 Å². The van der Waals surface area contributed by atoms with E-state index in [1.54, 1.807) is 0 Å². The molecule has 0 aliphatic carbocycles. The van der Waals surface area contributed by atoms with Crippen LogP contribution >= 0.6 is 0 Å². The highest BCUT2D eigenvalue weighted by Crippen LogP contribution is 2.41. The normalized spacial score (nSPS) is 11.5. The van der Waals surface area contributed by atoms with Crippen LogP contribution in [0, 0.1) is 0 Å². The minimum absolute atomic E-state index is 1.09. The zero-order valence-electron chi connectivity index (χ0n) is 34.0. The van der Waals surface area contributed by atoms with E-state index in [1.807, 2.05) is 0 Å². The third-order valence-electron chi connectivity index (χ3n) is 12.6. The van der Waals surface area contributed by atoms with Gasteiger partial charge in [-0.2, -0.15) is 0 Å². The maximum atomic E-state index is 2.38. The summed E-state index contributed by atoms with van der Waals surface area (Å²) in [6, 6.07) is 88.5. The largest absolute Gasteiger partial charge is 0.310 e. The first kappa shape index (κ1) is 35.7. The van der Waals surface area contributed by atoms with Crippen LogP contribution < -0.4 is 4.90 Å². The van der Waals surface area contributed by atoms with Crippen molar-refractivity contribution in [2.24, 2.45) is 0 Å². The Morgan fingerprint density at radius 3 is 1.66 bits per heavy atom. The number of rotatable bonds is 7. The van der Waals surface area contributed by atoms with Crippen molar-refractivity contribution in [2.45, 2.75) is 0 Å². The van der Waals surface area contributed by atoms with Crippen LogP contribution in [0.3, 0.4) is 0 Å². The first-order valence-electron chi connectivity index (χ1n) is 21.3. The van der Waals surface area contributed by atoms with Crippen molar-refractivity contribution in [1.29, 1.82) is 0 Å². The highest BCUT2D eigenvalue weighted by molar-refractivity contribution is 6.12. The summed E-state index contributed by atoms with van der Waals surface area (Å²) in [5, 5.41) is 10.1. The van der Waals surface area contributed by atoms with Gasteiger partial charge in [0.1, 0.15) is 0 Å². The van der Waals surface area contributed by atoms with Crippen molar-refractivity contribution in [3.05, 3.63) is 243 Å². The fourth-order valence-electron chi connectivity index (χ4n) is 9.53. The van der Waals surface area contributed by atoms with Crippen molar-refractivity contribution < 1.29 is 0 Å². The van der Waals surface area contributed by atoms with E-state index in [2.05, 4.69) is 252 Å². The maximum absolute atomic E-state index is 2.38. The van der Waals surface area contributed by atoms with E-state index in [9.17, 15) is 0 Å². The fraction of sp³-hybridized carbons (Fsp3) is 0. The number of benzene rings is 11. The van der Waals surface area contributed by atoms with Crippen molar-refractivity contribution in [3.63, 3.8) is 0 Å². The quantitative estimate of drug-likeness (QED) is 0.146. The van der Waals surface area contributed by atoms with E-state index < -0.39 is 0 Å². The molecule has 1 heterocycles. The molecular formula is C60H40N2. The van der Waals surface area contributed by atoms with E-state index in [4.69, 9.17) is 0 Å². The van der Waals surface area contributed by atoms with Crippen LogP contribution in [-0.2, 0) is 0 Å². The number of para-hydroxylation sites is 2. The predicted octanol–water partition coefficient (Wildman–Crippen LogP) is 16.7. The summed E-state index contributed by atoms with van der Waals surface area (Å²) < 4.78 is 2.37. The third-order valence-corrected chi connectivity index (χ3v) is 12.6. The summed E-state index contributed by atoms with van der Waals surface area (Å²) in [6.07, 6.45) is 0. The summed E-state index contributed by atoms with van der Waals surface area (Å²) in [5.74, 6) is 0. The van der Waals surface area contributed by atoms with Gasteiger partial charge in [0.25, 0.3) is 0 Å². The van der Waals surface area contributed by atoms with Crippen LogP contribution in [0.1, 0.15) is 0 Å². The SMILES string of the molecule is c1ccc(-n2c3ccccc3c3cc(-c4cccc(N(c5ccc(-c6ccc7ccccc7c6)cc5)c5ccc(-c6cccc7c6ccc6ccccc67)cc5)c4)ccc32)cc1. The molecule has 0 fully saturated rings. The van der Waals surface area contributed by atoms with Crippen LogP contribution in [-0.4, -0.2) is 4.57 Å². The third kappa shape index (κ3) is 6.12. The van der Waals surface area contributed by atoms with E-state index >= 15 is 0 Å². The Labute approximate surface area is 360 Å². The van der Waals surface area contributed by atoms with Crippen molar-refractivity contribution in [3.8, 4) is 39.1 Å². The standard InChI is InChI=1S/C60H40N2/c1-2-16-49(17-3-1)62-59-23-9-8-20-57(59)58-40-48(31-37-60(58)62)46-15-10-18-52(39-46)61(50-32-26-42(27-33-50)47-25-24-41-12-4-5-14-45(41)38-47)51-34-28-44(29-35-51)54-21-11-22-55-53-19-7-6-13-43(53)30-36-56(54)55/h1-40H. The molecule has 12 rings (SSSR count). The van der Waals surface area contributed by atoms with E-state index in [0.717, 1.165) is 22.7 Å². The van der Waals surface area contributed by atoms with Crippen LogP contribution in [0.4, 0.5) is 17.1 Å². The molecule has 0 spiro atoms. The Hall–Kier alpha value is -8.20. The van der Waals surface area contributed by atoms with Crippen molar-refractivity contribution in [2.75, 3.05) is 4.90 Å². The summed E-state index contributed by atoms with van der Waals surface area (Å²) in [6.45, 7) is 0. The number of hydrogen-bond donors (Lipinski definition) is 0. The lowest BCUT2D eigenvalue weighted by Gasteiger charge is -2.26. The van der Waals surface area contributed by atoms with Gasteiger partial charge in [-0.25, -0.2) is 0 Å². The molecule has 62 heavy (non-hydrogen) atoms. The highest BCUT2D eigenvalue weighted by atomic mass is 15.1. The molecule has 11 aromatic carbocycles. The van der Waals surface area contributed by atoms with Gasteiger partial charge in [0.15, 0.2) is 0 Å². The van der Waals surface area contributed by atoms with Gasteiger partial charge >= 0.3 is 0 Å². The van der Waals surface area contributed by atoms with Crippen LogP contribution in [0.5, 0.6) is 0 Å². The Kier molecular flexibility index (Phi) is 8.53. The summed E-state index contributed by atoms with van der Waals surface area (Å²) in [7, 11) is 0. The number of hydrogen-bond acceptors (Lipinski definition) is 1. The monoisotopic (exact) mass is 788 g/mol. The lowest BCUT2D eigenvalue weighted by molar-refractivity contribution is 1.18. The Morgan fingerprint density at radius 1 is 0.258 bits per heavy atom. The first-order valence-corrected chi connectivity index (χ1v) is 21.3. The Morgan fingerprint density at radius 2 is 0.839 bits per heavy atom. The summed E-state index contributed by atoms with van der Waals surface area (Å²) in [5.41, 5.74) is 14.0. The second-order valence-corrected chi connectivity index (χ2v) is 16.1. The lowest BCUT2D eigenvalue weighted by Crippen LogP contribution is -2.10. The fourth-order valence-corrected chi connectivity index (χ4v) is 9.53. The molecule has 2 heteroatoms. The van der Waals surface area contributed by atoms with Gasteiger partial charge in [0.05, 0.1) is 11.0 Å². The lowest BCUT2D eigenvalue weighted by atomic mass is 9.94. The molecule has 1 aromatic heterocycles. The molecule has 0 amide bonds. The maximum Gasteiger partial charge on any atom is 0.0541 e. The summed E-state index contributed by atoms with van der Waals surface area (Å²) in [4.78, 5) is 2.38. The van der Waals surface area contributed by atoms with Gasteiger partial charge in [0, 0.05) is 33.5 Å². The first-order chi connectivity index (χ1) is 30.7. The minimum atomic E-state index is 1.09. The molecule has 0 unspecified atom stereocenters. The Balaban J connectivity index is 0.966. The van der Waals surface area contributed by atoms with Crippen molar-refractivity contribution in [1.82, 2.24) is 4.57 Å². The molecule has 2 nitrogen and oxygen atoms in total. The molecule has 0 aliphatic rings. The average Bonchev–Trinajstić information content (AvgIpc) is 3.68. The van der Waals surface area contributed by atoms with Gasteiger partial charge in [0.2, 0.25) is 0 Å². The predicted molar refractivity (Wildman–Crippen MR) is 264 cm³/mol. The molecule has 0 bridgehead atoms. The molecule has 0 saturated heterocycles. The summed E-state index contributed by atoms with van der Waals surface area (Å²) >= 11 is 0. The van der Waals surface area contributed by atoms with Gasteiger partial charge in [-0.05, 0) is 138 Å². The van der Waals surface area contributed by atoms with Gasteiger partial charge in [-0.1, -0.05) is 170 Å². The Bertz CT molecular complexity index is 3620. The molecule has 0 atom stereocenters. The van der Waals surface area contributed by atoms with Crippen molar-refractivity contribution >= 4 is 71.2 Å². The van der Waals surface area contributed by atoms with Gasteiger partial charge in [-0.15, -0.1) is 0 Å². The van der Waals surface area contributed by atoms with Crippen LogP contribution in [0.15, 0.2) is 243 Å². The topological polar surface area (TPSA) is 8.17 Å². The minimum Gasteiger partial charge on any atom is -0.310 e. The molecule has 0 radical (unpaired) electrons. The van der Waals surface area contributed by atoms with E-state index in [1.165, 1.54) is 87.5 Å². The van der Waals surface area contributed by atoms with Crippen LogP contribution in [0.25, 0.3) is 93.2 Å². The number of aromatic nitrogens is 1. The van der Waals surface area contributed by atoms with Crippen LogP contribution in [0.2, 0.25) is 0 Å². The average molecular weight is 789 g/mol. The zero-order chi connectivity index (χ0) is 41.0. The molecule has 0 saturated carbocycles. The number of anilines is 3. The number of nitrogens with zero attached hydrogens (tertiary/aromatic N) is 2. The molecule has 12 aromatic rings. The molecule has 0 N–H and O–H groups in total. The second kappa shape index (κ2) is 14.8. The number of fused-ring (bicyclic) bond motifs is 7. The van der Waals surface area contributed by atoms with E-state index in [-0.39, 0.29) is 0 Å².